The lowest BCUT2D eigenvalue weighted by Gasteiger charge is -2.16. The molecular weight excluding hydrogens is 440 g/mol. The highest BCUT2D eigenvalue weighted by Crippen LogP contribution is 2.38. The number of carbonyl (C=O) groups excluding carboxylic acids is 1. The van der Waals surface area contributed by atoms with Gasteiger partial charge < -0.3 is 15.6 Å². The van der Waals surface area contributed by atoms with Crippen molar-refractivity contribution >= 4 is 34.2 Å². The number of hydrogen-bond donors (Lipinski definition) is 3. The standard InChI is InChI=1S/C24H23ClN6O2/c1-14-9-19(23(32)28-13-17-10-16-12-26-8-7-18(16)29-17)31-20(14)21(25)30-22(24(31)33)27-11-15-5-3-2-4-6-15/h2-8,10,12,14,19,29H,9,11,13H2,1H3,(H,27,30)(H,28,32)/t14-,19+/m1/s1. The Morgan fingerprint density at radius 3 is 2.85 bits per heavy atom. The van der Waals surface area contributed by atoms with Gasteiger partial charge in [-0.3, -0.25) is 19.1 Å². The van der Waals surface area contributed by atoms with Crippen LogP contribution in [-0.4, -0.2) is 25.4 Å². The molecule has 2 atom stereocenters. The molecule has 3 aromatic heterocycles. The fourth-order valence-electron chi connectivity index (χ4n) is 4.38. The molecule has 1 amide bonds. The minimum atomic E-state index is -0.647. The van der Waals surface area contributed by atoms with E-state index in [0.717, 1.165) is 22.2 Å². The number of rotatable bonds is 6. The van der Waals surface area contributed by atoms with Crippen LogP contribution in [-0.2, 0) is 17.9 Å². The van der Waals surface area contributed by atoms with Crippen molar-refractivity contribution in [3.8, 4) is 0 Å². The summed E-state index contributed by atoms with van der Waals surface area (Å²) in [6.07, 6.45) is 3.97. The lowest BCUT2D eigenvalue weighted by atomic mass is 10.0. The molecule has 8 nitrogen and oxygen atoms in total. The number of amides is 1. The molecule has 3 N–H and O–H groups in total. The van der Waals surface area contributed by atoms with Crippen LogP contribution in [0.25, 0.3) is 10.9 Å². The highest BCUT2D eigenvalue weighted by atomic mass is 35.5. The second-order valence-electron chi connectivity index (χ2n) is 8.28. The molecule has 0 saturated heterocycles. The number of H-pyrrole nitrogens is 1. The average Bonchev–Trinajstić information content (AvgIpc) is 3.40. The molecule has 0 unspecified atom stereocenters. The third-order valence-corrected chi connectivity index (χ3v) is 6.27. The molecule has 33 heavy (non-hydrogen) atoms. The number of nitrogens with zero attached hydrogens (tertiary/aromatic N) is 3. The lowest BCUT2D eigenvalue weighted by Crippen LogP contribution is -2.36. The van der Waals surface area contributed by atoms with E-state index in [9.17, 15) is 9.59 Å². The van der Waals surface area contributed by atoms with Gasteiger partial charge in [0.1, 0.15) is 6.04 Å². The van der Waals surface area contributed by atoms with Gasteiger partial charge in [-0.25, -0.2) is 4.98 Å². The van der Waals surface area contributed by atoms with Crippen molar-refractivity contribution < 1.29 is 4.79 Å². The highest BCUT2D eigenvalue weighted by Gasteiger charge is 2.37. The van der Waals surface area contributed by atoms with E-state index in [4.69, 9.17) is 11.6 Å². The summed E-state index contributed by atoms with van der Waals surface area (Å²) in [5.74, 6) is -0.144. The van der Waals surface area contributed by atoms with Crippen LogP contribution < -0.4 is 16.2 Å². The number of aromatic amines is 1. The molecule has 0 bridgehead atoms. The first kappa shape index (κ1) is 21.2. The smallest absolute Gasteiger partial charge is 0.294 e. The number of carbonyl (C=O) groups is 1. The van der Waals surface area contributed by atoms with Crippen molar-refractivity contribution in [3.63, 3.8) is 0 Å². The summed E-state index contributed by atoms with van der Waals surface area (Å²) in [6, 6.07) is 12.9. The van der Waals surface area contributed by atoms with Gasteiger partial charge in [0.2, 0.25) is 5.91 Å². The summed E-state index contributed by atoms with van der Waals surface area (Å²) in [7, 11) is 0. The Kier molecular flexibility index (Phi) is 5.60. The molecule has 1 aliphatic heterocycles. The van der Waals surface area contributed by atoms with E-state index in [0.29, 0.717) is 25.2 Å². The normalized spacial score (nSPS) is 17.2. The number of halogens is 1. The molecule has 0 radical (unpaired) electrons. The molecule has 0 spiro atoms. The van der Waals surface area contributed by atoms with Crippen LogP contribution in [0.5, 0.6) is 0 Å². The highest BCUT2D eigenvalue weighted by molar-refractivity contribution is 6.30. The van der Waals surface area contributed by atoms with Crippen LogP contribution in [0.1, 0.15) is 42.3 Å². The number of anilines is 1. The Bertz CT molecular complexity index is 1350. The zero-order chi connectivity index (χ0) is 22.9. The minimum Gasteiger partial charge on any atom is -0.361 e. The van der Waals surface area contributed by atoms with E-state index < -0.39 is 6.04 Å². The van der Waals surface area contributed by atoms with E-state index in [2.05, 4.69) is 25.6 Å². The van der Waals surface area contributed by atoms with Gasteiger partial charge in [0.15, 0.2) is 11.0 Å². The van der Waals surface area contributed by atoms with Gasteiger partial charge in [-0.2, -0.15) is 0 Å². The third-order valence-electron chi connectivity index (χ3n) is 5.99. The zero-order valence-corrected chi connectivity index (χ0v) is 18.8. The molecule has 1 aliphatic rings. The van der Waals surface area contributed by atoms with Gasteiger partial charge in [0.05, 0.1) is 12.2 Å². The van der Waals surface area contributed by atoms with Gasteiger partial charge in [0, 0.05) is 41.5 Å². The van der Waals surface area contributed by atoms with Crippen LogP contribution in [0.3, 0.4) is 0 Å². The second-order valence-corrected chi connectivity index (χ2v) is 8.64. The number of aromatic nitrogens is 4. The molecule has 0 aliphatic carbocycles. The molecule has 4 aromatic rings. The first-order valence-electron chi connectivity index (χ1n) is 10.8. The van der Waals surface area contributed by atoms with E-state index >= 15 is 0 Å². The van der Waals surface area contributed by atoms with E-state index in [1.54, 1.807) is 12.4 Å². The Morgan fingerprint density at radius 1 is 1.24 bits per heavy atom. The Balaban J connectivity index is 1.37. The minimum absolute atomic E-state index is 0.0595. The largest absolute Gasteiger partial charge is 0.361 e. The number of pyridine rings is 1. The maximum atomic E-state index is 13.3. The van der Waals surface area contributed by atoms with Crippen LogP contribution in [0.4, 0.5) is 5.82 Å². The fraction of sp³-hybridized carbons (Fsp3) is 0.250. The molecule has 9 heteroatoms. The first-order chi connectivity index (χ1) is 16.0. The summed E-state index contributed by atoms with van der Waals surface area (Å²) >= 11 is 6.46. The van der Waals surface area contributed by atoms with E-state index in [1.807, 2.05) is 49.4 Å². The topological polar surface area (TPSA) is 105 Å². The van der Waals surface area contributed by atoms with Gasteiger partial charge in [0.25, 0.3) is 5.56 Å². The van der Waals surface area contributed by atoms with Crippen LogP contribution >= 0.6 is 11.6 Å². The van der Waals surface area contributed by atoms with Crippen LogP contribution in [0, 0.1) is 0 Å². The Hall–Kier alpha value is -3.65. The number of fused-ring (bicyclic) bond motifs is 2. The molecule has 0 fully saturated rings. The molecule has 0 saturated carbocycles. The first-order valence-corrected chi connectivity index (χ1v) is 11.2. The number of benzene rings is 1. The van der Waals surface area contributed by atoms with Crippen molar-refractivity contribution in [2.45, 2.75) is 38.4 Å². The Morgan fingerprint density at radius 2 is 2.06 bits per heavy atom. The van der Waals surface area contributed by atoms with Gasteiger partial charge in [-0.05, 0) is 24.1 Å². The zero-order valence-electron chi connectivity index (χ0n) is 18.0. The van der Waals surface area contributed by atoms with E-state index in [1.165, 1.54) is 4.57 Å². The van der Waals surface area contributed by atoms with Crippen molar-refractivity contribution in [1.29, 1.82) is 0 Å². The third kappa shape index (κ3) is 4.09. The molecule has 168 valence electrons. The molecule has 5 rings (SSSR count). The van der Waals surface area contributed by atoms with Crippen LogP contribution in [0.2, 0.25) is 5.15 Å². The predicted octanol–water partition coefficient (Wildman–Crippen LogP) is 3.75. The summed E-state index contributed by atoms with van der Waals surface area (Å²) in [5, 5.41) is 7.25. The molecule has 1 aromatic carbocycles. The summed E-state index contributed by atoms with van der Waals surface area (Å²) < 4.78 is 1.50. The van der Waals surface area contributed by atoms with Crippen molar-refractivity contribution in [2.24, 2.45) is 0 Å². The van der Waals surface area contributed by atoms with Crippen LogP contribution in [0.15, 0.2) is 59.7 Å². The monoisotopic (exact) mass is 462 g/mol. The van der Waals surface area contributed by atoms with Crippen molar-refractivity contribution in [1.82, 2.24) is 24.8 Å². The van der Waals surface area contributed by atoms with Gasteiger partial charge in [-0.15, -0.1) is 0 Å². The van der Waals surface area contributed by atoms with E-state index in [-0.39, 0.29) is 28.4 Å². The summed E-state index contributed by atoms with van der Waals surface area (Å²) in [6.45, 7) is 2.70. The number of hydrogen-bond acceptors (Lipinski definition) is 5. The SMILES string of the molecule is C[C@@H]1C[C@@H](C(=O)NCc2cc3cnccc3[nH]2)n2c1c(Cl)nc(NCc1ccccc1)c2=O. The lowest BCUT2D eigenvalue weighted by molar-refractivity contribution is -0.124. The van der Waals surface area contributed by atoms with Gasteiger partial charge >= 0.3 is 0 Å². The quantitative estimate of drug-likeness (QED) is 0.405. The Labute approximate surface area is 195 Å². The maximum Gasteiger partial charge on any atom is 0.294 e. The predicted molar refractivity (Wildman–Crippen MR) is 127 cm³/mol. The summed E-state index contributed by atoms with van der Waals surface area (Å²) in [5.41, 5.74) is 3.09. The fourth-order valence-corrected chi connectivity index (χ4v) is 4.74. The molecule has 4 heterocycles. The van der Waals surface area contributed by atoms with Crippen molar-refractivity contribution in [3.05, 3.63) is 87.3 Å². The maximum absolute atomic E-state index is 13.3. The van der Waals surface area contributed by atoms with Crippen molar-refractivity contribution in [2.75, 3.05) is 5.32 Å². The second kappa shape index (κ2) is 8.71. The molecular formula is C24H23ClN6O2. The number of nitrogens with one attached hydrogen (secondary N) is 3. The van der Waals surface area contributed by atoms with Gasteiger partial charge in [-0.1, -0.05) is 48.9 Å². The summed E-state index contributed by atoms with van der Waals surface area (Å²) in [4.78, 5) is 38.1. The average molecular weight is 463 g/mol.